The number of aromatic nitrogens is 2. The van der Waals surface area contributed by atoms with Gasteiger partial charge in [-0.25, -0.2) is 4.79 Å². The van der Waals surface area contributed by atoms with Crippen molar-refractivity contribution in [2.24, 2.45) is 7.05 Å². The van der Waals surface area contributed by atoms with Crippen LogP contribution in [0, 0.1) is 13.8 Å². The van der Waals surface area contributed by atoms with Crippen molar-refractivity contribution in [1.82, 2.24) is 15.1 Å². The molecule has 0 aromatic carbocycles. The van der Waals surface area contributed by atoms with Crippen molar-refractivity contribution < 1.29 is 14.7 Å². The molecule has 0 fully saturated rings. The molecule has 0 saturated heterocycles. The van der Waals surface area contributed by atoms with Crippen LogP contribution in [0.1, 0.15) is 47.9 Å². The number of carboxylic acids is 1. The monoisotopic (exact) mass is 267 g/mol. The first kappa shape index (κ1) is 15.2. The fourth-order valence-corrected chi connectivity index (χ4v) is 2.00. The molecule has 0 radical (unpaired) electrons. The summed E-state index contributed by atoms with van der Waals surface area (Å²) in [6.07, 6.45) is 2.10. The van der Waals surface area contributed by atoms with Crippen LogP contribution >= 0.6 is 0 Å². The van der Waals surface area contributed by atoms with Gasteiger partial charge >= 0.3 is 5.97 Å². The van der Waals surface area contributed by atoms with Crippen molar-refractivity contribution >= 4 is 11.9 Å². The summed E-state index contributed by atoms with van der Waals surface area (Å²) < 4.78 is 1.62. The topological polar surface area (TPSA) is 84.2 Å². The van der Waals surface area contributed by atoms with Gasteiger partial charge in [-0.15, -0.1) is 0 Å². The van der Waals surface area contributed by atoms with E-state index in [1.807, 2.05) is 6.92 Å². The average Bonchev–Trinajstić information content (AvgIpc) is 2.58. The number of rotatable bonds is 6. The van der Waals surface area contributed by atoms with E-state index < -0.39 is 12.0 Å². The maximum atomic E-state index is 12.1. The summed E-state index contributed by atoms with van der Waals surface area (Å²) in [7, 11) is 1.75. The number of nitrogens with one attached hydrogen (secondary N) is 1. The molecule has 0 aliphatic rings. The highest BCUT2D eigenvalue weighted by Gasteiger charge is 2.23. The van der Waals surface area contributed by atoms with E-state index in [-0.39, 0.29) is 5.91 Å². The zero-order valence-electron chi connectivity index (χ0n) is 11.9. The van der Waals surface area contributed by atoms with E-state index in [4.69, 9.17) is 5.11 Å². The number of amides is 1. The number of hydrogen-bond acceptors (Lipinski definition) is 3. The molecule has 19 heavy (non-hydrogen) atoms. The Labute approximate surface area is 112 Å². The maximum absolute atomic E-state index is 12.1. The van der Waals surface area contributed by atoms with Crippen molar-refractivity contribution in [2.45, 2.75) is 46.1 Å². The predicted octanol–water partition coefficient (Wildman–Crippen LogP) is 1.41. The van der Waals surface area contributed by atoms with Crippen molar-refractivity contribution in [3.63, 3.8) is 0 Å². The summed E-state index contributed by atoms with van der Waals surface area (Å²) in [5, 5.41) is 15.8. The quantitative estimate of drug-likeness (QED) is 0.816. The maximum Gasteiger partial charge on any atom is 0.326 e. The molecule has 0 aliphatic heterocycles. The van der Waals surface area contributed by atoms with E-state index >= 15 is 0 Å². The number of carboxylic acid groups (broad SMARTS) is 1. The number of carbonyl (C=O) groups is 2. The van der Waals surface area contributed by atoms with Crippen molar-refractivity contribution in [3.05, 3.63) is 17.0 Å². The lowest BCUT2D eigenvalue weighted by atomic mass is 10.1. The fourth-order valence-electron chi connectivity index (χ4n) is 2.00. The Balaban J connectivity index is 2.85. The molecule has 0 bridgehead atoms. The van der Waals surface area contributed by atoms with E-state index in [0.29, 0.717) is 17.7 Å². The van der Waals surface area contributed by atoms with Crippen LogP contribution < -0.4 is 5.32 Å². The van der Waals surface area contributed by atoms with Crippen molar-refractivity contribution in [3.8, 4) is 0 Å². The van der Waals surface area contributed by atoms with Crippen LogP contribution in [0.4, 0.5) is 0 Å². The molecule has 0 aliphatic carbocycles. The number of aryl methyl sites for hydroxylation is 2. The Hall–Kier alpha value is -1.85. The molecule has 1 amide bonds. The number of nitrogens with zero attached hydrogens (tertiary/aromatic N) is 2. The second-order valence-corrected chi connectivity index (χ2v) is 4.68. The minimum absolute atomic E-state index is 0.369. The van der Waals surface area contributed by atoms with Gasteiger partial charge in [0.05, 0.1) is 11.3 Å². The van der Waals surface area contributed by atoms with E-state index in [2.05, 4.69) is 10.4 Å². The number of carbonyl (C=O) groups excluding carboxylic acids is 1. The van der Waals surface area contributed by atoms with Gasteiger partial charge in [-0.1, -0.05) is 19.8 Å². The van der Waals surface area contributed by atoms with Crippen LogP contribution in [0.3, 0.4) is 0 Å². The van der Waals surface area contributed by atoms with Crippen LogP contribution in [-0.4, -0.2) is 32.8 Å². The van der Waals surface area contributed by atoms with Gasteiger partial charge in [0.1, 0.15) is 6.04 Å². The smallest absolute Gasteiger partial charge is 0.326 e. The zero-order valence-corrected chi connectivity index (χ0v) is 11.9. The summed E-state index contributed by atoms with van der Waals surface area (Å²) in [4.78, 5) is 23.3. The van der Waals surface area contributed by atoms with Crippen LogP contribution in [0.2, 0.25) is 0 Å². The second kappa shape index (κ2) is 6.36. The largest absolute Gasteiger partial charge is 0.480 e. The average molecular weight is 267 g/mol. The van der Waals surface area contributed by atoms with E-state index in [1.165, 1.54) is 0 Å². The first-order valence-electron chi connectivity index (χ1n) is 6.42. The van der Waals surface area contributed by atoms with Crippen molar-refractivity contribution in [1.29, 1.82) is 0 Å². The third-order valence-corrected chi connectivity index (χ3v) is 3.19. The van der Waals surface area contributed by atoms with Gasteiger partial charge in [0.15, 0.2) is 0 Å². The minimum Gasteiger partial charge on any atom is -0.480 e. The molecular formula is C13H21N3O3. The van der Waals surface area contributed by atoms with Gasteiger partial charge < -0.3 is 10.4 Å². The van der Waals surface area contributed by atoms with E-state index in [0.717, 1.165) is 18.5 Å². The van der Waals surface area contributed by atoms with Gasteiger partial charge in [0, 0.05) is 12.7 Å². The third kappa shape index (κ3) is 3.56. The van der Waals surface area contributed by atoms with Gasteiger partial charge in [-0.05, 0) is 20.3 Å². The molecule has 0 spiro atoms. The second-order valence-electron chi connectivity index (χ2n) is 4.68. The highest BCUT2D eigenvalue weighted by Crippen LogP contribution is 2.12. The normalized spacial score (nSPS) is 12.2. The molecule has 1 aromatic heterocycles. The molecule has 1 aromatic rings. The Morgan fingerprint density at radius 1 is 1.42 bits per heavy atom. The number of unbranched alkanes of at least 4 members (excludes halogenated alkanes) is 1. The summed E-state index contributed by atoms with van der Waals surface area (Å²) in [6, 6.07) is -0.841. The highest BCUT2D eigenvalue weighted by molar-refractivity contribution is 5.98. The Bertz CT molecular complexity index is 480. The Morgan fingerprint density at radius 3 is 2.47 bits per heavy atom. The standard InChI is InChI=1S/C13H21N3O3/c1-5-6-7-10(13(18)19)14-12(17)11-8(2)15-16(4)9(11)3/h10H,5-7H2,1-4H3,(H,14,17)(H,18,19)/t10-/m0/s1. The number of hydrogen-bond donors (Lipinski definition) is 2. The van der Waals surface area contributed by atoms with E-state index in [1.54, 1.807) is 25.6 Å². The molecular weight excluding hydrogens is 246 g/mol. The Kier molecular flexibility index (Phi) is 5.09. The summed E-state index contributed by atoms with van der Waals surface area (Å²) in [5.41, 5.74) is 1.80. The zero-order chi connectivity index (χ0) is 14.6. The molecule has 0 saturated carbocycles. The molecule has 6 nitrogen and oxygen atoms in total. The van der Waals surface area contributed by atoms with Gasteiger partial charge in [0.2, 0.25) is 0 Å². The molecule has 6 heteroatoms. The molecule has 1 rings (SSSR count). The molecule has 0 unspecified atom stereocenters. The molecule has 2 N–H and O–H groups in total. The third-order valence-electron chi connectivity index (χ3n) is 3.19. The molecule has 1 heterocycles. The lowest BCUT2D eigenvalue weighted by molar-refractivity contribution is -0.139. The lowest BCUT2D eigenvalue weighted by Gasteiger charge is -2.14. The number of aliphatic carboxylic acids is 1. The van der Waals surface area contributed by atoms with E-state index in [9.17, 15) is 9.59 Å². The first-order chi connectivity index (χ1) is 8.88. The lowest BCUT2D eigenvalue weighted by Crippen LogP contribution is -2.41. The van der Waals surface area contributed by atoms with Crippen LogP contribution in [0.5, 0.6) is 0 Å². The highest BCUT2D eigenvalue weighted by atomic mass is 16.4. The Morgan fingerprint density at radius 2 is 2.05 bits per heavy atom. The summed E-state index contributed by atoms with van der Waals surface area (Å²) in [6.45, 7) is 5.51. The summed E-state index contributed by atoms with van der Waals surface area (Å²) in [5.74, 6) is -1.37. The first-order valence-corrected chi connectivity index (χ1v) is 6.42. The minimum atomic E-state index is -0.999. The predicted molar refractivity (Wildman–Crippen MR) is 71.1 cm³/mol. The van der Waals surface area contributed by atoms with Gasteiger partial charge in [-0.2, -0.15) is 5.10 Å². The van der Waals surface area contributed by atoms with Crippen LogP contribution in [0.15, 0.2) is 0 Å². The fraction of sp³-hybridized carbons (Fsp3) is 0.615. The van der Waals surface area contributed by atoms with Crippen molar-refractivity contribution in [2.75, 3.05) is 0 Å². The van der Waals surface area contributed by atoms with Gasteiger partial charge in [0.25, 0.3) is 5.91 Å². The SMILES string of the molecule is CCCC[C@H](NC(=O)c1c(C)nn(C)c1C)C(=O)O. The molecule has 106 valence electrons. The van der Waals surface area contributed by atoms with Gasteiger partial charge in [-0.3, -0.25) is 9.48 Å². The van der Waals surface area contributed by atoms with Crippen LogP contribution in [0.25, 0.3) is 0 Å². The van der Waals surface area contributed by atoms with Crippen LogP contribution in [-0.2, 0) is 11.8 Å². The molecule has 1 atom stereocenters. The summed E-state index contributed by atoms with van der Waals surface area (Å²) >= 11 is 0.